The van der Waals surface area contributed by atoms with Crippen LogP contribution in [0.3, 0.4) is 0 Å². The molecule has 2 aliphatic heterocycles. The highest BCUT2D eigenvalue weighted by molar-refractivity contribution is 8.00. The monoisotopic (exact) mass is 493 g/mol. The number of nitrogens with two attached hydrogens (primary N) is 2. The number of anilines is 1. The topological polar surface area (TPSA) is 99.4 Å². The number of rotatable bonds is 9. The van der Waals surface area contributed by atoms with Gasteiger partial charge in [-0.25, -0.2) is 0 Å². The molecule has 0 aliphatic carbocycles. The number of hydrogen-bond donors (Lipinski definition) is 3. The zero-order chi connectivity index (χ0) is 24.9. The predicted molar refractivity (Wildman–Crippen MR) is 146 cm³/mol. The fraction of sp³-hybridized carbons (Fsp3) is 0.500. The summed E-state index contributed by atoms with van der Waals surface area (Å²) < 4.78 is 0. The third-order valence-corrected chi connectivity index (χ3v) is 8.77. The molecule has 2 aliphatic rings. The first-order valence-electron chi connectivity index (χ1n) is 12.9. The average molecular weight is 494 g/mol. The lowest BCUT2D eigenvalue weighted by Crippen LogP contribution is -2.44. The van der Waals surface area contributed by atoms with Crippen molar-refractivity contribution in [3.05, 3.63) is 59.2 Å². The summed E-state index contributed by atoms with van der Waals surface area (Å²) >= 11 is 1.57. The Morgan fingerprint density at radius 3 is 2.51 bits per heavy atom. The summed E-state index contributed by atoms with van der Waals surface area (Å²) in [6.45, 7) is 7.01. The lowest BCUT2D eigenvalue weighted by molar-refractivity contribution is -0.118. The maximum atomic E-state index is 13.7. The molecule has 7 heteroatoms. The minimum absolute atomic E-state index is 0.0160. The molecule has 188 valence electrons. The molecule has 4 rings (SSSR count). The Morgan fingerprint density at radius 1 is 1.06 bits per heavy atom. The average Bonchev–Trinajstić information content (AvgIpc) is 2.86. The van der Waals surface area contributed by atoms with Gasteiger partial charge in [-0.15, -0.1) is 11.8 Å². The standard InChI is InChI=1S/C28H39N5OS/c1-19-8-6-9-20(2)32(19)14-4-3-5-15-33-24-16-21(18-29)12-13-25(24)35-26(28(33)34)22-10-7-11-23(17-22)27(30)31/h7,10-13,16-17,19-20,26H,3-6,8-9,14-15,18,29H2,1-2H3,(H3,30,31)/t19-,20+,26?. The lowest BCUT2D eigenvalue weighted by atomic mass is 9.97. The van der Waals surface area contributed by atoms with Gasteiger partial charge in [-0.05, 0) is 75.4 Å². The van der Waals surface area contributed by atoms with E-state index in [1.165, 1.54) is 19.3 Å². The third-order valence-electron chi connectivity index (χ3n) is 7.46. The maximum Gasteiger partial charge on any atom is 0.245 e. The van der Waals surface area contributed by atoms with Gasteiger partial charge in [0.2, 0.25) is 5.91 Å². The van der Waals surface area contributed by atoms with Crippen molar-refractivity contribution < 1.29 is 4.79 Å². The SMILES string of the molecule is C[C@@H]1CCC[C@H](C)N1CCCCCN1C(=O)C(c2cccc(C(=N)N)c2)Sc2ccc(CN)cc21. The first kappa shape index (κ1) is 25.7. The molecule has 5 N–H and O–H groups in total. The van der Waals surface area contributed by atoms with Crippen molar-refractivity contribution in [1.82, 2.24) is 4.90 Å². The van der Waals surface area contributed by atoms with Crippen LogP contribution in [0.5, 0.6) is 0 Å². The molecule has 2 aromatic carbocycles. The van der Waals surface area contributed by atoms with Gasteiger partial charge in [-0.3, -0.25) is 15.1 Å². The van der Waals surface area contributed by atoms with Crippen LogP contribution in [-0.2, 0) is 11.3 Å². The quantitative estimate of drug-likeness (QED) is 0.258. The number of fused-ring (bicyclic) bond motifs is 1. The van der Waals surface area contributed by atoms with Gasteiger partial charge in [0, 0.05) is 35.6 Å². The molecule has 1 saturated heterocycles. The molecule has 0 saturated carbocycles. The van der Waals surface area contributed by atoms with Crippen LogP contribution in [0.4, 0.5) is 5.69 Å². The Kier molecular flexibility index (Phi) is 8.52. The van der Waals surface area contributed by atoms with Crippen LogP contribution in [0.25, 0.3) is 0 Å². The molecule has 0 spiro atoms. The van der Waals surface area contributed by atoms with E-state index < -0.39 is 0 Å². The number of carbonyl (C=O) groups excluding carboxylic acids is 1. The predicted octanol–water partition coefficient (Wildman–Crippen LogP) is 5.04. The fourth-order valence-electron chi connectivity index (χ4n) is 5.41. The largest absolute Gasteiger partial charge is 0.384 e. The van der Waals surface area contributed by atoms with Crippen LogP contribution in [0, 0.1) is 5.41 Å². The number of likely N-dealkylation sites (tertiary alicyclic amines) is 1. The Morgan fingerprint density at radius 2 is 1.80 bits per heavy atom. The molecule has 2 aromatic rings. The number of nitrogen functional groups attached to an aromatic ring is 1. The number of piperidine rings is 1. The molecule has 0 aromatic heterocycles. The van der Waals surface area contributed by atoms with Crippen molar-refractivity contribution in [3.8, 4) is 0 Å². The van der Waals surface area contributed by atoms with Crippen molar-refractivity contribution in [2.45, 2.75) is 81.1 Å². The summed E-state index contributed by atoms with van der Waals surface area (Å²) in [5.74, 6) is 0.109. The van der Waals surface area contributed by atoms with Crippen molar-refractivity contribution >= 4 is 29.2 Å². The van der Waals surface area contributed by atoms with Crippen LogP contribution in [0.1, 0.15) is 74.3 Å². The number of nitrogens with one attached hydrogen (secondary N) is 1. The van der Waals surface area contributed by atoms with Crippen molar-refractivity contribution in [3.63, 3.8) is 0 Å². The zero-order valence-electron chi connectivity index (χ0n) is 21.0. The first-order valence-corrected chi connectivity index (χ1v) is 13.8. The summed E-state index contributed by atoms with van der Waals surface area (Å²) in [5.41, 5.74) is 15.2. The highest BCUT2D eigenvalue weighted by Crippen LogP contribution is 2.47. The number of amides is 1. The summed E-state index contributed by atoms with van der Waals surface area (Å²) in [4.78, 5) is 19.5. The molecule has 3 atom stereocenters. The van der Waals surface area contributed by atoms with Crippen LogP contribution in [0.2, 0.25) is 0 Å². The number of amidine groups is 1. The molecule has 1 amide bonds. The third kappa shape index (κ3) is 5.90. The normalized spacial score (nSPS) is 22.8. The van der Waals surface area contributed by atoms with Gasteiger partial charge < -0.3 is 16.4 Å². The number of nitrogens with zero attached hydrogens (tertiary/aromatic N) is 2. The summed E-state index contributed by atoms with van der Waals surface area (Å²) in [6, 6.07) is 15.1. The number of thioether (sulfide) groups is 1. The van der Waals surface area contributed by atoms with Gasteiger partial charge >= 0.3 is 0 Å². The van der Waals surface area contributed by atoms with E-state index in [0.29, 0.717) is 30.7 Å². The molecule has 35 heavy (non-hydrogen) atoms. The number of benzene rings is 2. The van der Waals surface area contributed by atoms with Gasteiger partial charge in [0.05, 0.1) is 5.69 Å². The number of carbonyl (C=O) groups is 1. The van der Waals surface area contributed by atoms with E-state index in [-0.39, 0.29) is 17.0 Å². The van der Waals surface area contributed by atoms with Crippen LogP contribution >= 0.6 is 11.8 Å². The van der Waals surface area contributed by atoms with Crippen LogP contribution in [0.15, 0.2) is 47.4 Å². The highest BCUT2D eigenvalue weighted by Gasteiger charge is 2.34. The second-order valence-corrected chi connectivity index (χ2v) is 11.1. The molecule has 2 heterocycles. The molecular weight excluding hydrogens is 454 g/mol. The minimum atomic E-state index is -0.347. The number of hydrogen-bond acceptors (Lipinski definition) is 5. The zero-order valence-corrected chi connectivity index (χ0v) is 21.8. The smallest absolute Gasteiger partial charge is 0.245 e. The van der Waals surface area contributed by atoms with Crippen molar-refractivity contribution in [1.29, 1.82) is 5.41 Å². The van der Waals surface area contributed by atoms with E-state index in [9.17, 15) is 4.79 Å². The second-order valence-electron chi connectivity index (χ2n) is 9.96. The van der Waals surface area contributed by atoms with Gasteiger partial charge in [-0.2, -0.15) is 0 Å². The van der Waals surface area contributed by atoms with Crippen molar-refractivity contribution in [2.24, 2.45) is 11.5 Å². The van der Waals surface area contributed by atoms with E-state index in [2.05, 4.69) is 30.9 Å². The Hall–Kier alpha value is -2.35. The van der Waals surface area contributed by atoms with Crippen molar-refractivity contribution in [2.75, 3.05) is 18.0 Å². The highest BCUT2D eigenvalue weighted by atomic mass is 32.2. The van der Waals surface area contributed by atoms with Crippen LogP contribution in [-0.4, -0.2) is 41.8 Å². The summed E-state index contributed by atoms with van der Waals surface area (Å²) in [5, 5.41) is 7.44. The van der Waals surface area contributed by atoms with E-state index in [1.54, 1.807) is 11.8 Å². The second kappa shape index (κ2) is 11.6. The first-order chi connectivity index (χ1) is 16.9. The van der Waals surface area contributed by atoms with E-state index in [4.69, 9.17) is 16.9 Å². The lowest BCUT2D eigenvalue weighted by Gasteiger charge is -2.39. The van der Waals surface area contributed by atoms with E-state index >= 15 is 0 Å². The van der Waals surface area contributed by atoms with Gasteiger partial charge in [0.25, 0.3) is 0 Å². The molecule has 6 nitrogen and oxygen atoms in total. The molecule has 0 bridgehead atoms. The van der Waals surface area contributed by atoms with Gasteiger partial charge in [0.15, 0.2) is 0 Å². The molecular formula is C28H39N5OS. The summed E-state index contributed by atoms with van der Waals surface area (Å²) in [7, 11) is 0. The number of unbranched alkanes of at least 4 members (excludes halogenated alkanes) is 2. The minimum Gasteiger partial charge on any atom is -0.384 e. The van der Waals surface area contributed by atoms with Gasteiger partial charge in [0.1, 0.15) is 11.1 Å². The Balaban J connectivity index is 1.47. The molecule has 1 fully saturated rings. The Bertz CT molecular complexity index is 1050. The molecule has 1 unspecified atom stereocenters. The Labute approximate surface area is 213 Å². The van der Waals surface area contributed by atoms with Crippen LogP contribution < -0.4 is 16.4 Å². The molecule has 0 radical (unpaired) electrons. The van der Waals surface area contributed by atoms with Gasteiger partial charge in [-0.1, -0.05) is 37.1 Å². The van der Waals surface area contributed by atoms with E-state index in [0.717, 1.165) is 47.5 Å². The maximum absolute atomic E-state index is 13.7. The van der Waals surface area contributed by atoms with E-state index in [1.807, 2.05) is 35.2 Å². The fourth-order valence-corrected chi connectivity index (χ4v) is 6.61. The summed E-state index contributed by atoms with van der Waals surface area (Å²) in [6.07, 6.45) is 7.18.